The maximum atomic E-state index is 12.6. The van der Waals surface area contributed by atoms with Crippen LogP contribution >= 0.6 is 0 Å². The molecule has 2 aromatic carbocycles. The van der Waals surface area contributed by atoms with Gasteiger partial charge in [-0.1, -0.05) is 26.0 Å². The summed E-state index contributed by atoms with van der Waals surface area (Å²) in [6.07, 6.45) is 1.34. The maximum absolute atomic E-state index is 12.6. The van der Waals surface area contributed by atoms with E-state index in [-0.39, 0.29) is 29.2 Å². The fourth-order valence-corrected chi connectivity index (χ4v) is 4.05. The minimum absolute atomic E-state index is 0.0585. The van der Waals surface area contributed by atoms with Gasteiger partial charge in [0, 0.05) is 36.8 Å². The Hall–Kier alpha value is -2.71. The van der Waals surface area contributed by atoms with Crippen molar-refractivity contribution in [1.29, 1.82) is 0 Å². The third-order valence-corrected chi connectivity index (χ3v) is 6.13. The summed E-state index contributed by atoms with van der Waals surface area (Å²) in [7, 11) is -3.70. The van der Waals surface area contributed by atoms with E-state index in [0.29, 0.717) is 24.3 Å². The Morgan fingerprint density at radius 1 is 1.14 bits per heavy atom. The third-order valence-electron chi connectivity index (χ3n) is 4.72. The SMILES string of the molecule is CC(C)C(=O)Nc1cccc(CNS(=O)(=O)c2ccc(N3CCCC3=O)cc2)c1. The summed E-state index contributed by atoms with van der Waals surface area (Å²) in [5.74, 6) is -0.182. The molecule has 2 aromatic rings. The van der Waals surface area contributed by atoms with Crippen LogP contribution in [-0.4, -0.2) is 26.8 Å². The van der Waals surface area contributed by atoms with Crippen LogP contribution in [0.3, 0.4) is 0 Å². The molecular weight excluding hydrogens is 390 g/mol. The molecule has 0 aromatic heterocycles. The van der Waals surface area contributed by atoms with E-state index in [4.69, 9.17) is 0 Å². The minimum atomic E-state index is -3.70. The Labute approximate surface area is 171 Å². The van der Waals surface area contributed by atoms with E-state index in [1.807, 2.05) is 0 Å². The quantitative estimate of drug-likeness (QED) is 0.727. The predicted molar refractivity (Wildman–Crippen MR) is 112 cm³/mol. The summed E-state index contributed by atoms with van der Waals surface area (Å²) in [6.45, 7) is 4.36. The van der Waals surface area contributed by atoms with Crippen molar-refractivity contribution in [2.24, 2.45) is 5.92 Å². The normalized spacial score (nSPS) is 14.4. The minimum Gasteiger partial charge on any atom is -0.326 e. The van der Waals surface area contributed by atoms with Crippen LogP contribution in [0.5, 0.6) is 0 Å². The summed E-state index contributed by atoms with van der Waals surface area (Å²) in [5.41, 5.74) is 2.06. The van der Waals surface area contributed by atoms with Crippen LogP contribution in [0.4, 0.5) is 11.4 Å². The molecule has 1 fully saturated rings. The molecule has 1 aliphatic rings. The third kappa shape index (κ3) is 5.21. The number of amides is 2. The van der Waals surface area contributed by atoms with Crippen molar-refractivity contribution in [2.75, 3.05) is 16.8 Å². The first kappa shape index (κ1) is 21.0. The van der Waals surface area contributed by atoms with E-state index < -0.39 is 10.0 Å². The number of anilines is 2. The number of sulfonamides is 1. The lowest BCUT2D eigenvalue weighted by atomic mass is 10.1. The van der Waals surface area contributed by atoms with Gasteiger partial charge >= 0.3 is 0 Å². The average molecular weight is 416 g/mol. The number of nitrogens with zero attached hydrogens (tertiary/aromatic N) is 1. The number of hydrogen-bond acceptors (Lipinski definition) is 4. The van der Waals surface area contributed by atoms with Gasteiger partial charge in [0.2, 0.25) is 21.8 Å². The largest absolute Gasteiger partial charge is 0.326 e. The molecule has 29 heavy (non-hydrogen) atoms. The van der Waals surface area contributed by atoms with E-state index in [9.17, 15) is 18.0 Å². The summed E-state index contributed by atoms with van der Waals surface area (Å²) >= 11 is 0. The highest BCUT2D eigenvalue weighted by Crippen LogP contribution is 2.23. The van der Waals surface area contributed by atoms with Gasteiger partial charge in [-0.2, -0.15) is 0 Å². The van der Waals surface area contributed by atoms with Crippen LogP contribution in [-0.2, 0) is 26.2 Å². The molecule has 1 saturated heterocycles. The second-order valence-corrected chi connectivity index (χ2v) is 9.08. The van der Waals surface area contributed by atoms with Crippen LogP contribution in [0.2, 0.25) is 0 Å². The van der Waals surface area contributed by atoms with Crippen molar-refractivity contribution in [3.8, 4) is 0 Å². The summed E-state index contributed by atoms with van der Waals surface area (Å²) in [4.78, 5) is 25.4. The van der Waals surface area contributed by atoms with Gasteiger partial charge in [0.1, 0.15) is 0 Å². The molecule has 8 heteroatoms. The zero-order valence-electron chi connectivity index (χ0n) is 16.5. The van der Waals surface area contributed by atoms with Gasteiger partial charge in [-0.3, -0.25) is 9.59 Å². The van der Waals surface area contributed by atoms with Gasteiger partial charge in [-0.25, -0.2) is 13.1 Å². The van der Waals surface area contributed by atoms with Crippen LogP contribution in [0.25, 0.3) is 0 Å². The van der Waals surface area contributed by atoms with Gasteiger partial charge in [-0.15, -0.1) is 0 Å². The van der Waals surface area contributed by atoms with Gasteiger partial charge in [0.05, 0.1) is 4.90 Å². The first-order valence-electron chi connectivity index (χ1n) is 9.56. The molecule has 0 unspecified atom stereocenters. The van der Waals surface area contributed by atoms with Gasteiger partial charge < -0.3 is 10.2 Å². The lowest BCUT2D eigenvalue weighted by molar-refractivity contribution is -0.119. The van der Waals surface area contributed by atoms with Crippen molar-refractivity contribution < 1.29 is 18.0 Å². The number of carbonyl (C=O) groups excluding carboxylic acids is 2. The number of nitrogens with one attached hydrogen (secondary N) is 2. The first-order valence-corrected chi connectivity index (χ1v) is 11.0. The summed E-state index contributed by atoms with van der Waals surface area (Å²) in [6, 6.07) is 13.4. The molecule has 1 aliphatic heterocycles. The van der Waals surface area contributed by atoms with E-state index in [0.717, 1.165) is 12.0 Å². The molecule has 0 saturated carbocycles. The summed E-state index contributed by atoms with van der Waals surface area (Å²) < 4.78 is 27.8. The van der Waals surface area contributed by atoms with Crippen molar-refractivity contribution in [3.63, 3.8) is 0 Å². The molecule has 7 nitrogen and oxygen atoms in total. The van der Waals surface area contributed by atoms with Crippen LogP contribution in [0, 0.1) is 5.92 Å². The van der Waals surface area contributed by atoms with Crippen molar-refractivity contribution in [2.45, 2.75) is 38.1 Å². The standard InChI is InChI=1S/C21H25N3O4S/c1-15(2)21(26)23-17-6-3-5-16(13-17)14-22-29(27,28)19-10-8-18(9-11-19)24-12-4-7-20(24)25/h3,5-6,8-11,13,15,22H,4,7,12,14H2,1-2H3,(H,23,26). The molecule has 2 amide bonds. The van der Waals surface area contributed by atoms with Gasteiger partial charge in [-0.05, 0) is 48.4 Å². The fraction of sp³-hybridized carbons (Fsp3) is 0.333. The van der Waals surface area contributed by atoms with Gasteiger partial charge in [0.25, 0.3) is 0 Å². The van der Waals surface area contributed by atoms with E-state index in [1.54, 1.807) is 55.1 Å². The van der Waals surface area contributed by atoms with Crippen LogP contribution in [0.1, 0.15) is 32.3 Å². The van der Waals surface area contributed by atoms with Crippen molar-refractivity contribution in [1.82, 2.24) is 4.72 Å². The number of benzene rings is 2. The second-order valence-electron chi connectivity index (χ2n) is 7.31. The molecular formula is C21H25N3O4S. The molecule has 0 spiro atoms. The Morgan fingerprint density at radius 3 is 2.48 bits per heavy atom. The number of carbonyl (C=O) groups is 2. The smallest absolute Gasteiger partial charge is 0.240 e. The lowest BCUT2D eigenvalue weighted by Gasteiger charge is -2.16. The van der Waals surface area contributed by atoms with Gasteiger partial charge in [0.15, 0.2) is 0 Å². The number of rotatable bonds is 7. The van der Waals surface area contributed by atoms with Crippen molar-refractivity contribution >= 4 is 33.2 Å². The maximum Gasteiger partial charge on any atom is 0.240 e. The van der Waals surface area contributed by atoms with E-state index >= 15 is 0 Å². The average Bonchev–Trinajstić information content (AvgIpc) is 3.13. The molecule has 3 rings (SSSR count). The molecule has 2 N–H and O–H groups in total. The van der Waals surface area contributed by atoms with E-state index in [2.05, 4.69) is 10.0 Å². The molecule has 1 heterocycles. The Bertz CT molecular complexity index is 1000. The van der Waals surface area contributed by atoms with Crippen LogP contribution < -0.4 is 14.9 Å². The highest BCUT2D eigenvalue weighted by atomic mass is 32.2. The molecule has 0 radical (unpaired) electrons. The first-order chi connectivity index (χ1) is 13.8. The molecule has 0 aliphatic carbocycles. The highest BCUT2D eigenvalue weighted by Gasteiger charge is 2.22. The molecule has 0 bridgehead atoms. The lowest BCUT2D eigenvalue weighted by Crippen LogP contribution is -2.25. The Balaban J connectivity index is 1.65. The zero-order chi connectivity index (χ0) is 21.0. The Kier molecular flexibility index (Phi) is 6.34. The molecule has 0 atom stereocenters. The zero-order valence-corrected chi connectivity index (χ0v) is 17.3. The fourth-order valence-electron chi connectivity index (χ4n) is 3.03. The second kappa shape index (κ2) is 8.75. The number of hydrogen-bond donors (Lipinski definition) is 2. The van der Waals surface area contributed by atoms with Crippen molar-refractivity contribution in [3.05, 3.63) is 54.1 Å². The van der Waals surface area contributed by atoms with E-state index in [1.165, 1.54) is 12.1 Å². The highest BCUT2D eigenvalue weighted by molar-refractivity contribution is 7.89. The monoisotopic (exact) mass is 415 g/mol. The summed E-state index contributed by atoms with van der Waals surface area (Å²) in [5, 5.41) is 2.80. The Morgan fingerprint density at radius 2 is 1.86 bits per heavy atom. The predicted octanol–water partition coefficient (Wildman–Crippen LogP) is 2.89. The molecule has 154 valence electrons. The van der Waals surface area contributed by atoms with Crippen LogP contribution in [0.15, 0.2) is 53.4 Å². The topological polar surface area (TPSA) is 95.6 Å².